The van der Waals surface area contributed by atoms with Crippen LogP contribution in [0.2, 0.25) is 0 Å². The third-order valence-electron chi connectivity index (χ3n) is 23.6. The number of phenolic OH excluding ortho intramolecular Hbond substituents is 3. The van der Waals surface area contributed by atoms with Crippen LogP contribution in [0, 0.1) is 17.8 Å². The van der Waals surface area contributed by atoms with Crippen molar-refractivity contribution in [1.82, 2.24) is 100 Å². The minimum absolute atomic E-state index is 0.00107. The monoisotopic (exact) mass is 2050 g/mol. The minimum Gasteiger partial charge on any atom is -0.508 e. The van der Waals surface area contributed by atoms with E-state index < -0.39 is 297 Å². The first kappa shape index (κ1) is 121. The molecule has 0 bridgehead atoms. The quantitative estimate of drug-likeness (QED) is 0.0233. The molecule has 17 atom stereocenters. The molecular weight excluding hydrogens is 1920 g/mol. The molecule has 3 aromatic rings. The van der Waals surface area contributed by atoms with Crippen LogP contribution in [0.3, 0.4) is 0 Å². The number of carbonyl (C=O) groups is 23. The van der Waals surface area contributed by atoms with Gasteiger partial charge in [-0.15, -0.1) is 0 Å². The van der Waals surface area contributed by atoms with E-state index in [2.05, 4.69) is 90.4 Å². The number of aliphatic hydroxyl groups is 1. The Hall–Kier alpha value is -15.3. The van der Waals surface area contributed by atoms with Crippen LogP contribution in [-0.4, -0.2) is 331 Å². The van der Waals surface area contributed by atoms with Crippen molar-refractivity contribution in [2.45, 2.75) is 268 Å². The zero-order valence-corrected chi connectivity index (χ0v) is 82.7. The van der Waals surface area contributed by atoms with Crippen LogP contribution in [0.1, 0.15) is 169 Å². The number of rotatable bonds is 61. The maximum atomic E-state index is 14.6. The highest BCUT2D eigenvalue weighted by Crippen LogP contribution is 2.24. The second kappa shape index (κ2) is 60.4. The number of carboxylic acid groups (broad SMARTS) is 3. The average Bonchev–Trinajstić information content (AvgIpc) is 1.74. The molecule has 52 nitrogen and oxygen atoms in total. The smallest absolute Gasteiger partial charge is 0.326 e. The zero-order valence-electron chi connectivity index (χ0n) is 82.7. The number of carboxylic acids is 3. The summed E-state index contributed by atoms with van der Waals surface area (Å²) in [5.41, 5.74) is 18.8. The lowest BCUT2D eigenvalue weighted by Gasteiger charge is -2.30. The maximum absolute atomic E-state index is 14.6. The predicted molar refractivity (Wildman–Crippen MR) is 516 cm³/mol. The number of hydrogen-bond donors (Lipinski definition) is 27. The number of unbranched alkanes of at least 4 members (excludes halogenated alkanes) is 1. The maximum Gasteiger partial charge on any atom is 0.326 e. The van der Waals surface area contributed by atoms with Crippen LogP contribution in [0.15, 0.2) is 72.8 Å². The number of likely N-dealkylation sites (tertiary alicyclic amines) is 2. The largest absolute Gasteiger partial charge is 0.508 e. The summed E-state index contributed by atoms with van der Waals surface area (Å²) in [6.45, 7) is 9.48. The van der Waals surface area contributed by atoms with E-state index in [0.717, 1.165) is 18.7 Å². The van der Waals surface area contributed by atoms with Crippen LogP contribution in [0.4, 0.5) is 0 Å². The van der Waals surface area contributed by atoms with E-state index >= 15 is 0 Å². The number of hydrogen-bond acceptors (Lipinski definition) is 29. The van der Waals surface area contributed by atoms with E-state index in [4.69, 9.17) is 17.2 Å². The number of carbonyl (C=O) groups excluding carboxylic acids is 20. The van der Waals surface area contributed by atoms with Gasteiger partial charge in [-0.05, 0) is 169 Å². The van der Waals surface area contributed by atoms with E-state index in [1.54, 1.807) is 53.7 Å². The van der Waals surface area contributed by atoms with Gasteiger partial charge < -0.3 is 153 Å². The Morgan fingerprint density at radius 2 is 0.774 bits per heavy atom. The summed E-state index contributed by atoms with van der Waals surface area (Å²) in [5.74, 6) is -25.5. The van der Waals surface area contributed by atoms with Gasteiger partial charge in [-0.25, -0.2) is 4.79 Å². The number of aliphatic carboxylic acids is 3. The van der Waals surface area contributed by atoms with E-state index in [1.165, 1.54) is 72.5 Å². The molecule has 0 aliphatic carbocycles. The number of aliphatic hydroxyl groups excluding tert-OH is 1. The molecule has 146 heavy (non-hydrogen) atoms. The Morgan fingerprint density at radius 3 is 1.27 bits per heavy atom. The first-order valence-electron chi connectivity index (χ1n) is 47.8. The van der Waals surface area contributed by atoms with Gasteiger partial charge in [-0.3, -0.25) is 105 Å². The Kier molecular flexibility index (Phi) is 50.1. The molecule has 0 aromatic heterocycles. The lowest BCUT2D eigenvalue weighted by Crippen LogP contribution is -2.59. The Bertz CT molecular complexity index is 5090. The van der Waals surface area contributed by atoms with Gasteiger partial charge in [0.25, 0.3) is 0 Å². The fourth-order valence-electron chi connectivity index (χ4n) is 15.5. The lowest BCUT2D eigenvalue weighted by atomic mass is 9.99. The van der Waals surface area contributed by atoms with Crippen molar-refractivity contribution < 1.29 is 146 Å². The van der Waals surface area contributed by atoms with Gasteiger partial charge in [0.05, 0.1) is 57.7 Å². The molecule has 2 aliphatic rings. The highest BCUT2D eigenvalue weighted by Gasteiger charge is 2.43. The first-order chi connectivity index (χ1) is 68.8. The third-order valence-corrected chi connectivity index (χ3v) is 23.6. The third kappa shape index (κ3) is 42.0. The highest BCUT2D eigenvalue weighted by molar-refractivity contribution is 6.02. The van der Waals surface area contributed by atoms with Crippen molar-refractivity contribution >= 4 is 136 Å². The van der Waals surface area contributed by atoms with Crippen LogP contribution < -0.4 is 108 Å². The summed E-state index contributed by atoms with van der Waals surface area (Å²) < 4.78 is 0. The van der Waals surface area contributed by atoms with Gasteiger partial charge in [0.15, 0.2) is 0 Å². The molecule has 0 unspecified atom stereocenters. The molecule has 52 heteroatoms. The summed E-state index contributed by atoms with van der Waals surface area (Å²) in [7, 11) is 0. The molecule has 2 aliphatic heterocycles. The van der Waals surface area contributed by atoms with E-state index in [-0.39, 0.29) is 126 Å². The van der Waals surface area contributed by atoms with Gasteiger partial charge in [0.1, 0.15) is 102 Å². The number of amides is 20. The van der Waals surface area contributed by atoms with Crippen molar-refractivity contribution in [2.24, 2.45) is 35.0 Å². The summed E-state index contributed by atoms with van der Waals surface area (Å²) in [5, 5.41) is 110. The summed E-state index contributed by atoms with van der Waals surface area (Å²) in [4.78, 5) is 312. The number of aromatic hydroxyl groups is 3. The molecule has 0 saturated carbocycles. The van der Waals surface area contributed by atoms with E-state index in [1.807, 2.05) is 0 Å². The molecule has 2 saturated heterocycles. The van der Waals surface area contributed by atoms with Crippen molar-refractivity contribution in [3.8, 4) is 17.2 Å². The molecule has 5 rings (SSSR count). The second-order valence-corrected chi connectivity index (χ2v) is 36.6. The average molecular weight is 2060 g/mol. The second-order valence-electron chi connectivity index (χ2n) is 36.6. The number of nitrogens with zero attached hydrogens (tertiary/aromatic N) is 2. The number of nitrogens with two attached hydrogens (primary N) is 3. The molecule has 30 N–H and O–H groups in total. The Balaban J connectivity index is 1.16. The zero-order chi connectivity index (χ0) is 109. The van der Waals surface area contributed by atoms with Crippen molar-refractivity contribution in [3.63, 3.8) is 0 Å². The fourth-order valence-corrected chi connectivity index (χ4v) is 15.5. The van der Waals surface area contributed by atoms with E-state index in [9.17, 15) is 146 Å². The van der Waals surface area contributed by atoms with Crippen LogP contribution in [0.5, 0.6) is 17.2 Å². The van der Waals surface area contributed by atoms with Crippen molar-refractivity contribution in [2.75, 3.05) is 52.4 Å². The SMILES string of the molecule is CC[C@H](C)[C@H](NC(=O)CNC(=O)[C@H](CC(=O)O)NC(=O)[C@H](CCCCN)NC(=O)[C@H](CC(N)=O)NC(=O)[C@H](C)NC(=O)CNC(=O)[C@H](Cc1ccc(O)cc1)NC(=O)[C@@H]1CCCN1C(=O)[C@H](CC(C)C)NC(=O)CNC(=O)[C@H](C)NC(=O)[C@H](CCC(=O)O)NC(=O)[C@@H]1CCCN1C(=O)CNC(=O)[C@@H](NC(=O)CNC(=O)[C@H](CC(C)C)NC(=O)[C@H](Cc1ccc(O)cc1)NC(=O)[C@@H](N)Cc1ccc(O)cc1)[C@@H](C)O)C(=O)O. The number of phenols is 3. The van der Waals surface area contributed by atoms with Gasteiger partial charge >= 0.3 is 17.9 Å². The predicted octanol–water partition coefficient (Wildman–Crippen LogP) is -7.47. The Morgan fingerprint density at radius 1 is 0.384 bits per heavy atom. The normalized spacial score (nSPS) is 16.3. The molecular formula is C94H138N22O30. The van der Waals surface area contributed by atoms with Gasteiger partial charge in [0, 0.05) is 32.4 Å². The van der Waals surface area contributed by atoms with Crippen LogP contribution >= 0.6 is 0 Å². The topological polar surface area (TPSA) is 823 Å². The van der Waals surface area contributed by atoms with E-state index in [0.29, 0.717) is 23.1 Å². The molecule has 2 fully saturated rings. The minimum atomic E-state index is -1.89. The van der Waals surface area contributed by atoms with Gasteiger partial charge in [0.2, 0.25) is 118 Å². The lowest BCUT2D eigenvalue weighted by molar-refractivity contribution is -0.143. The summed E-state index contributed by atoms with van der Waals surface area (Å²) in [6, 6.07) is -5.34. The highest BCUT2D eigenvalue weighted by atomic mass is 16.4. The van der Waals surface area contributed by atoms with Gasteiger partial charge in [-0.2, -0.15) is 0 Å². The fraction of sp³-hybridized carbons (Fsp3) is 0.564. The van der Waals surface area contributed by atoms with Crippen molar-refractivity contribution in [3.05, 3.63) is 89.5 Å². The van der Waals surface area contributed by atoms with Crippen LogP contribution in [0.25, 0.3) is 0 Å². The molecule has 0 radical (unpaired) electrons. The molecule has 2 heterocycles. The first-order valence-corrected chi connectivity index (χ1v) is 47.8. The number of benzene rings is 3. The number of primary amides is 1. The molecule has 0 spiro atoms. The molecule has 20 amide bonds. The van der Waals surface area contributed by atoms with Gasteiger partial charge in [-0.1, -0.05) is 84.4 Å². The molecule has 804 valence electrons. The molecule has 3 aromatic carbocycles. The van der Waals surface area contributed by atoms with Crippen molar-refractivity contribution in [1.29, 1.82) is 0 Å². The van der Waals surface area contributed by atoms with Crippen LogP contribution in [-0.2, 0) is 130 Å². The standard InChI is InChI=1S/C94H138N22O30/c1-10-49(6)78(94(145)146)113-73(124)44-101-85(136)66(41-77(129)130)111-87(138)60(15-11-12-32-95)106-89(140)65(40-70(97)121)108-81(132)51(8)103-71(122)42-99-84(135)63(38-54-20-26-57(119)27-21-54)112-91(142)69-17-14-34-116(69)93(144)67(36-48(4)5)105-72(123)43-98-80(131)50(7)104-86(137)61(30-31-76(127)128)107-90(141)68-16-13-33-115(68)75(126)46-102-92(143)79(52(9)117)114-74(125)45-100-83(134)62(35-47(2)3)110-88(139)64(39-55-22-28-58(120)29-23-55)109-82(133)59(96)37-53-18-24-56(118)25-19-53/h18-29,47-52,59-69,78-79,117-120H,10-17,30-46,95-96H2,1-9H3,(H2,97,121)(H,98,131)(H,99,135)(H,100,134)(H,101,136)(H,102,143)(H,103,122)(H,104,137)(H,105,123)(H,106,140)(H,107,141)(H,108,132)(H,109,133)(H,110,139)(H,111,138)(H,112,142)(H,113,124)(H,114,125)(H,127,128)(H,129,130)(H,145,146)/t49-,50-,51-,52+,59-,60-,61-,62-,63-,64-,65-,66-,67-,68-,69-,78-,79-/m0/s1. The summed E-state index contributed by atoms with van der Waals surface area (Å²) in [6.07, 6.45) is -4.21. The summed E-state index contributed by atoms with van der Waals surface area (Å²) >= 11 is 0. The number of nitrogens with one attached hydrogen (secondary N) is 17. The Labute approximate surface area is 840 Å².